The average Bonchev–Trinajstić information content (AvgIpc) is 2.62. The lowest BCUT2D eigenvalue weighted by Crippen LogP contribution is -2.42. The number of nitrogens with zero attached hydrogens (tertiary/aromatic N) is 2. The molecule has 2 rings (SSSR count). The molecule has 1 aliphatic rings. The number of nitrogens with two attached hydrogens (primary N) is 1. The number of hydrogen-bond acceptors (Lipinski definition) is 7. The lowest BCUT2D eigenvalue weighted by Gasteiger charge is -2.21. The first-order chi connectivity index (χ1) is 9.32. The fourth-order valence-corrected chi connectivity index (χ4v) is 1.93. The minimum Gasteiger partial charge on any atom is -0.394 e. The number of aliphatic hydroxyl groups is 3. The van der Waals surface area contributed by atoms with Gasteiger partial charge in [0.25, 0.3) is 0 Å². The van der Waals surface area contributed by atoms with E-state index in [2.05, 4.69) is 4.98 Å². The number of rotatable bonds is 3. The normalized spacial score (nSPS) is 28.8. The molecule has 0 radical (unpaired) electrons. The van der Waals surface area contributed by atoms with Crippen LogP contribution < -0.4 is 11.4 Å². The predicted molar refractivity (Wildman–Crippen MR) is 60.8 cm³/mol. The number of aromatic nitrogens is 2. The second-order valence-electron chi connectivity index (χ2n) is 4.33. The van der Waals surface area contributed by atoms with Gasteiger partial charge in [0.1, 0.15) is 11.9 Å². The van der Waals surface area contributed by atoms with E-state index in [1.807, 2.05) is 0 Å². The SMILES string of the molecule is Nc1nc(=O)n(C2OC(CO)C(O)C2(F)F)cc1CO. The van der Waals surface area contributed by atoms with E-state index in [1.54, 1.807) is 0 Å². The Morgan fingerprint density at radius 3 is 2.65 bits per heavy atom. The number of ether oxygens (including phenoxy) is 1. The van der Waals surface area contributed by atoms with E-state index in [9.17, 15) is 18.7 Å². The highest BCUT2D eigenvalue weighted by Gasteiger charge is 2.59. The Hall–Kier alpha value is -1.62. The fourth-order valence-electron chi connectivity index (χ4n) is 1.93. The van der Waals surface area contributed by atoms with E-state index in [-0.39, 0.29) is 11.4 Å². The van der Waals surface area contributed by atoms with Gasteiger partial charge in [0.15, 0.2) is 6.10 Å². The van der Waals surface area contributed by atoms with Gasteiger partial charge < -0.3 is 25.8 Å². The monoisotopic (exact) mass is 293 g/mol. The highest BCUT2D eigenvalue weighted by atomic mass is 19.3. The molecule has 1 aliphatic heterocycles. The molecule has 112 valence electrons. The van der Waals surface area contributed by atoms with E-state index in [4.69, 9.17) is 20.7 Å². The second-order valence-corrected chi connectivity index (χ2v) is 4.33. The summed E-state index contributed by atoms with van der Waals surface area (Å²) in [5.41, 5.74) is 4.19. The van der Waals surface area contributed by atoms with Crippen molar-refractivity contribution in [3.8, 4) is 0 Å². The Kier molecular flexibility index (Phi) is 3.73. The molecule has 1 fully saturated rings. The molecule has 5 N–H and O–H groups in total. The highest BCUT2D eigenvalue weighted by molar-refractivity contribution is 5.36. The fraction of sp³-hybridized carbons (Fsp3) is 0.600. The molecule has 0 bridgehead atoms. The predicted octanol–water partition coefficient (Wildman–Crippen LogP) is -1.80. The van der Waals surface area contributed by atoms with E-state index >= 15 is 0 Å². The van der Waals surface area contributed by atoms with Gasteiger partial charge in [-0.05, 0) is 0 Å². The largest absolute Gasteiger partial charge is 0.394 e. The maximum atomic E-state index is 13.9. The van der Waals surface area contributed by atoms with Gasteiger partial charge in [-0.25, -0.2) is 4.79 Å². The van der Waals surface area contributed by atoms with Crippen molar-refractivity contribution < 1.29 is 28.8 Å². The Balaban J connectivity index is 2.49. The number of anilines is 1. The van der Waals surface area contributed by atoms with Crippen LogP contribution in [-0.4, -0.2) is 49.6 Å². The zero-order valence-electron chi connectivity index (χ0n) is 10.1. The summed E-state index contributed by atoms with van der Waals surface area (Å²) in [6.07, 6.45) is -5.05. The van der Waals surface area contributed by atoms with Crippen molar-refractivity contribution >= 4 is 5.82 Å². The van der Waals surface area contributed by atoms with Gasteiger partial charge in [-0.15, -0.1) is 0 Å². The summed E-state index contributed by atoms with van der Waals surface area (Å²) in [6, 6.07) is 0. The van der Waals surface area contributed by atoms with Gasteiger partial charge in [-0.2, -0.15) is 13.8 Å². The summed E-state index contributed by atoms with van der Waals surface area (Å²) >= 11 is 0. The third kappa shape index (κ3) is 2.16. The molecule has 0 aliphatic carbocycles. The van der Waals surface area contributed by atoms with Crippen molar-refractivity contribution in [2.24, 2.45) is 0 Å². The van der Waals surface area contributed by atoms with E-state index in [1.165, 1.54) is 0 Å². The van der Waals surface area contributed by atoms with Crippen LogP contribution in [0.3, 0.4) is 0 Å². The lowest BCUT2D eigenvalue weighted by atomic mass is 10.1. The van der Waals surface area contributed by atoms with Gasteiger partial charge in [0.05, 0.1) is 13.2 Å². The van der Waals surface area contributed by atoms with Gasteiger partial charge >= 0.3 is 11.6 Å². The van der Waals surface area contributed by atoms with Crippen LogP contribution >= 0.6 is 0 Å². The summed E-state index contributed by atoms with van der Waals surface area (Å²) in [5.74, 6) is -4.09. The minimum atomic E-state index is -3.80. The molecular formula is C10H13F2N3O5. The molecule has 3 unspecified atom stereocenters. The molecule has 1 aromatic rings. The Bertz CT molecular complexity index is 564. The van der Waals surface area contributed by atoms with Crippen molar-refractivity contribution in [2.45, 2.75) is 31.0 Å². The molecular weight excluding hydrogens is 280 g/mol. The molecule has 1 aromatic heterocycles. The Labute approximate surface area is 111 Å². The highest BCUT2D eigenvalue weighted by Crippen LogP contribution is 2.42. The molecule has 10 heteroatoms. The molecule has 3 atom stereocenters. The molecule has 20 heavy (non-hydrogen) atoms. The van der Waals surface area contributed by atoms with Crippen LogP contribution in [0.15, 0.2) is 11.0 Å². The topological polar surface area (TPSA) is 131 Å². The van der Waals surface area contributed by atoms with Crippen LogP contribution in [0.2, 0.25) is 0 Å². The molecule has 0 aromatic carbocycles. The van der Waals surface area contributed by atoms with Gasteiger partial charge in [-0.3, -0.25) is 4.57 Å². The van der Waals surface area contributed by atoms with Crippen molar-refractivity contribution in [3.63, 3.8) is 0 Å². The standard InChI is InChI=1S/C10H13F2N3O5/c11-10(12)6(18)5(3-17)20-8(10)15-1-4(2-16)7(13)14-9(15)19/h1,5-6,8,16-18H,2-3H2,(H2,13,14,19). The lowest BCUT2D eigenvalue weighted by molar-refractivity contribution is -0.141. The summed E-state index contributed by atoms with van der Waals surface area (Å²) in [6.45, 7) is -1.44. The number of alkyl halides is 2. The number of aliphatic hydroxyl groups excluding tert-OH is 3. The molecule has 0 saturated carbocycles. The molecule has 2 heterocycles. The number of halogens is 2. The average molecular weight is 293 g/mol. The van der Waals surface area contributed by atoms with Crippen LogP contribution in [0.5, 0.6) is 0 Å². The van der Waals surface area contributed by atoms with Gasteiger partial charge in [-0.1, -0.05) is 0 Å². The molecule has 8 nitrogen and oxygen atoms in total. The Morgan fingerprint density at radius 1 is 1.50 bits per heavy atom. The van der Waals surface area contributed by atoms with Crippen LogP contribution in [-0.2, 0) is 11.3 Å². The van der Waals surface area contributed by atoms with Crippen LogP contribution in [0, 0.1) is 0 Å². The van der Waals surface area contributed by atoms with Crippen LogP contribution in [0.25, 0.3) is 0 Å². The smallest absolute Gasteiger partial charge is 0.351 e. The molecule has 1 saturated heterocycles. The maximum absolute atomic E-state index is 13.9. The minimum absolute atomic E-state index is 0.0362. The second kappa shape index (κ2) is 5.05. The third-order valence-corrected chi connectivity index (χ3v) is 3.04. The quantitative estimate of drug-likeness (QED) is 0.517. The van der Waals surface area contributed by atoms with Crippen LogP contribution in [0.1, 0.15) is 11.8 Å². The van der Waals surface area contributed by atoms with Gasteiger partial charge in [0, 0.05) is 11.8 Å². The summed E-state index contributed by atoms with van der Waals surface area (Å²) < 4.78 is 33.0. The van der Waals surface area contributed by atoms with Gasteiger partial charge in [0.2, 0.25) is 6.23 Å². The van der Waals surface area contributed by atoms with Crippen molar-refractivity contribution in [2.75, 3.05) is 12.3 Å². The van der Waals surface area contributed by atoms with Crippen molar-refractivity contribution in [1.29, 1.82) is 0 Å². The first kappa shape index (κ1) is 14.8. The summed E-state index contributed by atoms with van der Waals surface area (Å²) in [4.78, 5) is 14.9. The van der Waals surface area contributed by atoms with Crippen molar-refractivity contribution in [3.05, 3.63) is 22.2 Å². The number of hydrogen-bond donors (Lipinski definition) is 4. The van der Waals surface area contributed by atoms with E-state index in [0.717, 1.165) is 6.20 Å². The number of nitrogen functional groups attached to an aromatic ring is 1. The summed E-state index contributed by atoms with van der Waals surface area (Å²) in [7, 11) is 0. The van der Waals surface area contributed by atoms with E-state index in [0.29, 0.717) is 4.57 Å². The third-order valence-electron chi connectivity index (χ3n) is 3.04. The molecule has 0 spiro atoms. The first-order valence-corrected chi connectivity index (χ1v) is 5.63. The molecule has 0 amide bonds. The van der Waals surface area contributed by atoms with Crippen molar-refractivity contribution in [1.82, 2.24) is 9.55 Å². The van der Waals surface area contributed by atoms with E-state index < -0.39 is 43.3 Å². The zero-order chi connectivity index (χ0) is 15.1. The maximum Gasteiger partial charge on any atom is 0.351 e. The first-order valence-electron chi connectivity index (χ1n) is 5.63. The zero-order valence-corrected chi connectivity index (χ0v) is 10.1. The Morgan fingerprint density at radius 2 is 2.15 bits per heavy atom. The summed E-state index contributed by atoms with van der Waals surface area (Å²) in [5, 5.41) is 27.2. The van der Waals surface area contributed by atoms with Crippen LogP contribution in [0.4, 0.5) is 14.6 Å².